The van der Waals surface area contributed by atoms with Gasteiger partial charge in [-0.3, -0.25) is 4.79 Å². The van der Waals surface area contributed by atoms with Gasteiger partial charge in [0.1, 0.15) is 17.0 Å². The molecule has 0 atom stereocenters. The maximum atomic E-state index is 11.7. The highest BCUT2D eigenvalue weighted by Crippen LogP contribution is 2.45. The van der Waals surface area contributed by atoms with Crippen molar-refractivity contribution in [1.82, 2.24) is 15.0 Å². The summed E-state index contributed by atoms with van der Waals surface area (Å²) in [7, 11) is -3.74. The van der Waals surface area contributed by atoms with E-state index < -0.39 is 20.7 Å². The highest BCUT2D eigenvalue weighted by atomic mass is 32.2. The predicted octanol–water partition coefficient (Wildman–Crippen LogP) is -0.491. The van der Waals surface area contributed by atoms with Crippen molar-refractivity contribution in [3.8, 4) is 0 Å². The standard InChI is InChI=1S/C10H16N4O4S/c1-2-18-9(15)7-14-6-8(12-13-14)10(4-3-5-10)19(11,16)17/h6H,2-5,7H2,1H3,(H2,11,16,17). The number of esters is 1. The molecule has 0 radical (unpaired) electrons. The van der Waals surface area contributed by atoms with E-state index in [1.54, 1.807) is 6.92 Å². The van der Waals surface area contributed by atoms with Crippen LogP contribution in [0.1, 0.15) is 31.9 Å². The van der Waals surface area contributed by atoms with E-state index in [0.29, 0.717) is 18.5 Å². The zero-order chi connectivity index (χ0) is 14.1. The van der Waals surface area contributed by atoms with Gasteiger partial charge in [0.15, 0.2) is 0 Å². The number of nitrogens with zero attached hydrogens (tertiary/aromatic N) is 3. The number of primary sulfonamides is 1. The van der Waals surface area contributed by atoms with E-state index in [-0.39, 0.29) is 13.2 Å². The number of hydrogen-bond acceptors (Lipinski definition) is 6. The summed E-state index contributed by atoms with van der Waals surface area (Å²) in [6.07, 6.45) is 3.09. The molecule has 1 aromatic heterocycles. The van der Waals surface area contributed by atoms with Crippen LogP contribution < -0.4 is 5.14 Å². The normalized spacial score (nSPS) is 17.8. The molecule has 0 unspecified atom stereocenters. The van der Waals surface area contributed by atoms with Gasteiger partial charge >= 0.3 is 5.97 Å². The number of carbonyl (C=O) groups excluding carboxylic acids is 1. The van der Waals surface area contributed by atoms with Gasteiger partial charge in [0, 0.05) is 0 Å². The summed E-state index contributed by atoms with van der Waals surface area (Å²) in [5.41, 5.74) is 0.297. The quantitative estimate of drug-likeness (QED) is 0.730. The first-order valence-corrected chi connectivity index (χ1v) is 7.52. The zero-order valence-electron chi connectivity index (χ0n) is 10.6. The first-order chi connectivity index (χ1) is 8.89. The van der Waals surface area contributed by atoms with E-state index in [0.717, 1.165) is 6.42 Å². The monoisotopic (exact) mass is 288 g/mol. The summed E-state index contributed by atoms with van der Waals surface area (Å²) in [5, 5.41) is 12.9. The van der Waals surface area contributed by atoms with Crippen LogP contribution in [0.25, 0.3) is 0 Å². The summed E-state index contributed by atoms with van der Waals surface area (Å²) in [6, 6.07) is 0. The van der Waals surface area contributed by atoms with Gasteiger partial charge in [-0.1, -0.05) is 5.21 Å². The molecule has 0 spiro atoms. The Kier molecular flexibility index (Phi) is 3.59. The third-order valence-electron chi connectivity index (χ3n) is 3.31. The minimum absolute atomic E-state index is 0.0957. The average molecular weight is 288 g/mol. The maximum absolute atomic E-state index is 11.7. The van der Waals surface area contributed by atoms with Crippen LogP contribution in [-0.2, 0) is 30.8 Å². The first kappa shape index (κ1) is 13.9. The molecule has 1 aliphatic carbocycles. The van der Waals surface area contributed by atoms with Crippen LogP contribution in [0.3, 0.4) is 0 Å². The molecular weight excluding hydrogens is 272 g/mol. The molecule has 9 heteroatoms. The Labute approximate surface area is 111 Å². The molecule has 1 aliphatic rings. The smallest absolute Gasteiger partial charge is 0.327 e. The van der Waals surface area contributed by atoms with Crippen molar-refractivity contribution in [3.63, 3.8) is 0 Å². The minimum Gasteiger partial charge on any atom is -0.465 e. The topological polar surface area (TPSA) is 117 Å². The molecule has 0 aliphatic heterocycles. The van der Waals surface area contributed by atoms with Gasteiger partial charge in [-0.25, -0.2) is 18.2 Å². The van der Waals surface area contributed by atoms with Crippen molar-refractivity contribution in [2.75, 3.05) is 6.61 Å². The lowest BCUT2D eigenvalue weighted by molar-refractivity contribution is -0.144. The molecule has 1 heterocycles. The highest BCUT2D eigenvalue weighted by molar-refractivity contribution is 7.90. The van der Waals surface area contributed by atoms with Crippen molar-refractivity contribution in [2.24, 2.45) is 5.14 Å². The van der Waals surface area contributed by atoms with Crippen LogP contribution in [0.4, 0.5) is 0 Å². The lowest BCUT2D eigenvalue weighted by Crippen LogP contribution is -2.46. The molecule has 106 valence electrons. The number of carbonyl (C=O) groups is 1. The van der Waals surface area contributed by atoms with Crippen LogP contribution >= 0.6 is 0 Å². The third kappa shape index (κ3) is 2.47. The van der Waals surface area contributed by atoms with Crippen molar-refractivity contribution in [1.29, 1.82) is 0 Å². The summed E-state index contributed by atoms with van der Waals surface area (Å²) >= 11 is 0. The molecule has 8 nitrogen and oxygen atoms in total. The van der Waals surface area contributed by atoms with E-state index in [4.69, 9.17) is 9.88 Å². The Balaban J connectivity index is 2.19. The van der Waals surface area contributed by atoms with Gasteiger partial charge in [-0.2, -0.15) is 0 Å². The molecule has 0 amide bonds. The zero-order valence-corrected chi connectivity index (χ0v) is 11.4. The molecule has 0 saturated heterocycles. The Morgan fingerprint density at radius 2 is 2.26 bits per heavy atom. The fourth-order valence-corrected chi connectivity index (χ4v) is 3.35. The van der Waals surface area contributed by atoms with Gasteiger partial charge in [0.25, 0.3) is 0 Å². The molecule has 2 rings (SSSR count). The molecule has 2 N–H and O–H groups in total. The number of rotatable bonds is 5. The Bertz CT molecular complexity index is 576. The minimum atomic E-state index is -3.74. The number of aromatic nitrogens is 3. The second-order valence-electron chi connectivity index (χ2n) is 4.50. The highest BCUT2D eigenvalue weighted by Gasteiger charge is 2.50. The van der Waals surface area contributed by atoms with E-state index in [9.17, 15) is 13.2 Å². The number of nitrogens with two attached hydrogens (primary N) is 1. The van der Waals surface area contributed by atoms with E-state index in [1.807, 2.05) is 0 Å². The maximum Gasteiger partial charge on any atom is 0.327 e. The average Bonchev–Trinajstić information content (AvgIpc) is 2.62. The van der Waals surface area contributed by atoms with Crippen LogP contribution in [0.2, 0.25) is 0 Å². The molecule has 19 heavy (non-hydrogen) atoms. The van der Waals surface area contributed by atoms with Gasteiger partial charge in [-0.05, 0) is 26.2 Å². The Hall–Kier alpha value is -1.48. The van der Waals surface area contributed by atoms with Crippen LogP contribution in [0.15, 0.2) is 6.20 Å². The number of ether oxygens (including phenoxy) is 1. The summed E-state index contributed by atoms with van der Waals surface area (Å²) < 4.78 is 28.3. The van der Waals surface area contributed by atoms with E-state index in [2.05, 4.69) is 10.3 Å². The largest absolute Gasteiger partial charge is 0.465 e. The van der Waals surface area contributed by atoms with E-state index in [1.165, 1.54) is 10.9 Å². The van der Waals surface area contributed by atoms with Crippen LogP contribution in [0, 0.1) is 0 Å². The van der Waals surface area contributed by atoms with Crippen molar-refractivity contribution in [3.05, 3.63) is 11.9 Å². The Morgan fingerprint density at radius 3 is 2.74 bits per heavy atom. The molecular formula is C10H16N4O4S. The van der Waals surface area contributed by atoms with Gasteiger partial charge in [0.2, 0.25) is 10.0 Å². The molecule has 0 aromatic carbocycles. The second-order valence-corrected chi connectivity index (χ2v) is 6.37. The molecule has 1 aromatic rings. The fraction of sp³-hybridized carbons (Fsp3) is 0.700. The summed E-state index contributed by atoms with van der Waals surface area (Å²) in [4.78, 5) is 11.3. The third-order valence-corrected chi connectivity index (χ3v) is 5.01. The second kappa shape index (κ2) is 4.89. The van der Waals surface area contributed by atoms with Crippen molar-refractivity contribution in [2.45, 2.75) is 37.5 Å². The number of sulfonamides is 1. The van der Waals surface area contributed by atoms with Gasteiger partial charge in [-0.15, -0.1) is 5.10 Å². The Morgan fingerprint density at radius 1 is 1.58 bits per heavy atom. The summed E-state index contributed by atoms with van der Waals surface area (Å²) in [5.74, 6) is -0.447. The lowest BCUT2D eigenvalue weighted by Gasteiger charge is -2.37. The first-order valence-electron chi connectivity index (χ1n) is 5.97. The summed E-state index contributed by atoms with van der Waals surface area (Å²) in [6.45, 7) is 1.89. The lowest BCUT2D eigenvalue weighted by atomic mass is 9.82. The van der Waals surface area contributed by atoms with Crippen LogP contribution in [-0.4, -0.2) is 36.0 Å². The van der Waals surface area contributed by atoms with Crippen molar-refractivity contribution >= 4 is 16.0 Å². The van der Waals surface area contributed by atoms with Gasteiger partial charge in [0.05, 0.1) is 12.8 Å². The van der Waals surface area contributed by atoms with Crippen molar-refractivity contribution < 1.29 is 17.9 Å². The number of hydrogen-bond donors (Lipinski definition) is 1. The fourth-order valence-electron chi connectivity index (χ4n) is 2.11. The van der Waals surface area contributed by atoms with Crippen LogP contribution in [0.5, 0.6) is 0 Å². The molecule has 0 bridgehead atoms. The van der Waals surface area contributed by atoms with E-state index >= 15 is 0 Å². The molecule has 1 fully saturated rings. The molecule has 1 saturated carbocycles. The van der Waals surface area contributed by atoms with Gasteiger partial charge < -0.3 is 4.74 Å². The SMILES string of the molecule is CCOC(=O)Cn1cc(C2(S(N)(=O)=O)CCC2)nn1. The predicted molar refractivity (Wildman–Crippen MR) is 65.3 cm³/mol.